The molecule has 44 heavy (non-hydrogen) atoms. The van der Waals surface area contributed by atoms with Crippen molar-refractivity contribution >= 4 is 42.0 Å². The van der Waals surface area contributed by atoms with Crippen LogP contribution in [0.25, 0.3) is 34.9 Å². The minimum absolute atomic E-state index is 0.118. The standard InChI is InChI=1S/C39H49BN2O2/c1-12-17-29(37(6,7)14-3)22-20-26(4)28-21-23-30-31(25-28)32(24-27(5)40-43-38(8,9)39(10,11)44-40)34(13-2)42-35-19-16-15-18-33(35)41-36(30)42/h12-13,15-20,22,24-25H,5,14,21,23H2,1-4,6-11H3/b17-12-,26-20+,29-22-,32-24-,34-13+. The first-order valence-corrected chi connectivity index (χ1v) is 16.1. The van der Waals surface area contributed by atoms with E-state index in [2.05, 4.69) is 147 Å². The van der Waals surface area contributed by atoms with Crippen molar-refractivity contribution in [2.45, 2.75) is 99.7 Å². The van der Waals surface area contributed by atoms with Gasteiger partial charge in [-0.2, -0.15) is 0 Å². The van der Waals surface area contributed by atoms with Gasteiger partial charge in [0, 0.05) is 10.8 Å². The molecule has 0 bridgehead atoms. The second-order valence-corrected chi connectivity index (χ2v) is 13.9. The molecule has 0 N–H and O–H groups in total. The van der Waals surface area contributed by atoms with E-state index >= 15 is 0 Å². The van der Waals surface area contributed by atoms with E-state index in [4.69, 9.17) is 14.3 Å². The largest absolute Gasteiger partial charge is 0.494 e. The molecule has 230 valence electrons. The fourth-order valence-corrected chi connectivity index (χ4v) is 6.14. The van der Waals surface area contributed by atoms with Crippen LogP contribution in [0.5, 0.6) is 0 Å². The smallest absolute Gasteiger partial charge is 0.399 e. The average Bonchev–Trinajstić information content (AvgIpc) is 3.48. The van der Waals surface area contributed by atoms with Crippen LogP contribution in [0.15, 0.2) is 77.3 Å². The molecule has 0 atom stereocenters. The van der Waals surface area contributed by atoms with E-state index in [0.29, 0.717) is 0 Å². The number of nitrogens with zero attached hydrogens (tertiary/aromatic N) is 2. The van der Waals surface area contributed by atoms with E-state index < -0.39 is 18.3 Å². The predicted octanol–water partition coefficient (Wildman–Crippen LogP) is 8.47. The second-order valence-electron chi connectivity index (χ2n) is 13.9. The van der Waals surface area contributed by atoms with Crippen LogP contribution < -0.4 is 10.6 Å². The summed E-state index contributed by atoms with van der Waals surface area (Å²) in [4.78, 5) is 5.16. The maximum atomic E-state index is 6.41. The number of benzene rings is 1. The van der Waals surface area contributed by atoms with Gasteiger partial charge in [0.05, 0.1) is 27.6 Å². The molecule has 2 aliphatic rings. The Balaban J connectivity index is 1.74. The highest BCUT2D eigenvalue weighted by molar-refractivity contribution is 6.57. The van der Waals surface area contributed by atoms with Gasteiger partial charge in [-0.05, 0) is 113 Å². The summed E-state index contributed by atoms with van der Waals surface area (Å²) in [6, 6.07) is 8.41. The molecule has 5 heteroatoms. The molecule has 5 rings (SSSR count). The molecule has 0 unspecified atom stereocenters. The SMILES string of the molecule is C=C(/C=c1/c2c(c3nc4ccccc4n3/c1=C/C)CCC(/C(C)=C/C=C(/C=C\C)C(C)(C)CC)=C2)B1OC(C)(C)C(C)(C)O1. The summed E-state index contributed by atoms with van der Waals surface area (Å²) < 4.78 is 15.1. The molecule has 1 aromatic carbocycles. The van der Waals surface area contributed by atoms with Gasteiger partial charge in [0.1, 0.15) is 5.65 Å². The van der Waals surface area contributed by atoms with E-state index in [1.807, 2.05) is 0 Å². The number of imidazole rings is 1. The zero-order valence-corrected chi connectivity index (χ0v) is 28.5. The minimum Gasteiger partial charge on any atom is -0.399 e. The summed E-state index contributed by atoms with van der Waals surface area (Å²) in [6.07, 6.45) is 18.7. The van der Waals surface area contributed by atoms with Crippen LogP contribution in [0.3, 0.4) is 0 Å². The lowest BCUT2D eigenvalue weighted by Gasteiger charge is -2.32. The van der Waals surface area contributed by atoms with E-state index in [0.717, 1.165) is 52.0 Å². The summed E-state index contributed by atoms with van der Waals surface area (Å²) >= 11 is 0. The monoisotopic (exact) mass is 588 g/mol. The van der Waals surface area contributed by atoms with E-state index in [1.165, 1.54) is 27.8 Å². The molecular formula is C39H49BN2O2. The fourth-order valence-electron chi connectivity index (χ4n) is 6.14. The third-order valence-corrected chi connectivity index (χ3v) is 10.1. The van der Waals surface area contributed by atoms with Gasteiger partial charge in [0.2, 0.25) is 0 Å². The van der Waals surface area contributed by atoms with Gasteiger partial charge in [-0.3, -0.25) is 4.40 Å². The van der Waals surface area contributed by atoms with Crippen LogP contribution in [-0.4, -0.2) is 27.7 Å². The van der Waals surface area contributed by atoms with Gasteiger partial charge < -0.3 is 9.31 Å². The number of fused-ring (bicyclic) bond motifs is 5. The number of hydrogen-bond donors (Lipinski definition) is 0. The van der Waals surface area contributed by atoms with Crippen molar-refractivity contribution in [2.24, 2.45) is 5.41 Å². The molecule has 3 aromatic rings. The van der Waals surface area contributed by atoms with Gasteiger partial charge >= 0.3 is 7.12 Å². The zero-order chi connectivity index (χ0) is 32.0. The molecule has 1 aliphatic heterocycles. The summed E-state index contributed by atoms with van der Waals surface area (Å²) in [6.45, 7) is 26.1. The number of aromatic nitrogens is 2. The fraction of sp³-hybridized carbons (Fsp3) is 0.410. The first-order chi connectivity index (χ1) is 20.7. The highest BCUT2D eigenvalue weighted by Crippen LogP contribution is 2.39. The van der Waals surface area contributed by atoms with E-state index in [9.17, 15) is 0 Å². The molecule has 4 nitrogen and oxygen atoms in total. The molecule has 1 aliphatic carbocycles. The molecule has 0 amide bonds. The Morgan fingerprint density at radius 2 is 1.75 bits per heavy atom. The zero-order valence-electron chi connectivity index (χ0n) is 28.5. The Hall–Kier alpha value is -3.41. The van der Waals surface area contributed by atoms with Crippen molar-refractivity contribution in [1.82, 2.24) is 9.38 Å². The average molecular weight is 589 g/mol. The Labute approximate surface area is 264 Å². The second kappa shape index (κ2) is 11.8. The molecule has 0 saturated carbocycles. The number of para-hydroxylation sites is 2. The van der Waals surface area contributed by atoms with Gasteiger partial charge in [-0.1, -0.05) is 82.0 Å². The first-order valence-electron chi connectivity index (χ1n) is 16.1. The van der Waals surface area contributed by atoms with Crippen molar-refractivity contribution in [3.63, 3.8) is 0 Å². The normalized spacial score (nSPS) is 19.9. The Kier molecular flexibility index (Phi) is 8.61. The van der Waals surface area contributed by atoms with Crippen LogP contribution in [-0.2, 0) is 15.7 Å². The maximum Gasteiger partial charge on any atom is 0.494 e. The van der Waals surface area contributed by atoms with Gasteiger partial charge in [-0.15, -0.1) is 0 Å². The number of pyridine rings is 1. The lowest BCUT2D eigenvalue weighted by molar-refractivity contribution is 0.00578. The van der Waals surface area contributed by atoms with Crippen molar-refractivity contribution < 1.29 is 9.31 Å². The summed E-state index contributed by atoms with van der Waals surface area (Å²) in [5.41, 5.74) is 9.68. The van der Waals surface area contributed by atoms with Crippen molar-refractivity contribution in [2.75, 3.05) is 0 Å². The summed E-state index contributed by atoms with van der Waals surface area (Å²) in [5, 5.41) is 2.23. The number of aryl methyl sites for hydroxylation is 1. The van der Waals surface area contributed by atoms with Crippen molar-refractivity contribution in [3.8, 4) is 0 Å². The highest BCUT2D eigenvalue weighted by Gasteiger charge is 2.51. The van der Waals surface area contributed by atoms with E-state index in [1.54, 1.807) is 0 Å². The first kappa shape index (κ1) is 32.0. The number of hydrogen-bond acceptors (Lipinski definition) is 3. The van der Waals surface area contributed by atoms with Gasteiger partial charge in [-0.25, -0.2) is 4.98 Å². The molecule has 0 radical (unpaired) electrons. The lowest BCUT2D eigenvalue weighted by Crippen LogP contribution is -2.41. The molecule has 1 fully saturated rings. The number of rotatable bonds is 7. The third kappa shape index (κ3) is 5.61. The van der Waals surface area contributed by atoms with E-state index in [-0.39, 0.29) is 5.41 Å². The van der Waals surface area contributed by atoms with Crippen LogP contribution in [0.4, 0.5) is 0 Å². The van der Waals surface area contributed by atoms with Crippen LogP contribution in [0.1, 0.15) is 93.2 Å². The topological polar surface area (TPSA) is 35.8 Å². The number of allylic oxidation sites excluding steroid dienone is 8. The summed E-state index contributed by atoms with van der Waals surface area (Å²) in [7, 11) is -0.513. The van der Waals surface area contributed by atoms with Crippen LogP contribution in [0, 0.1) is 5.41 Å². The van der Waals surface area contributed by atoms with Gasteiger partial charge in [0.15, 0.2) is 0 Å². The van der Waals surface area contributed by atoms with Gasteiger partial charge in [0.25, 0.3) is 0 Å². The minimum atomic E-state index is -0.513. The maximum absolute atomic E-state index is 6.41. The lowest BCUT2D eigenvalue weighted by atomic mass is 9.78. The van der Waals surface area contributed by atoms with Crippen LogP contribution in [0.2, 0.25) is 0 Å². The molecule has 3 heterocycles. The molecular weight excluding hydrogens is 539 g/mol. The quantitative estimate of drug-likeness (QED) is 0.205. The van der Waals surface area contributed by atoms with Crippen molar-refractivity contribution in [3.05, 3.63) is 99.0 Å². The Morgan fingerprint density at radius 3 is 2.39 bits per heavy atom. The molecule has 1 saturated heterocycles. The predicted molar refractivity (Wildman–Crippen MR) is 189 cm³/mol. The third-order valence-electron chi connectivity index (χ3n) is 10.1. The molecule has 0 spiro atoms. The highest BCUT2D eigenvalue weighted by atomic mass is 16.7. The molecule has 2 aromatic heterocycles. The van der Waals surface area contributed by atoms with Crippen molar-refractivity contribution in [1.29, 1.82) is 0 Å². The summed E-state index contributed by atoms with van der Waals surface area (Å²) in [5.74, 6) is 0. The Bertz CT molecular complexity index is 1860. The van der Waals surface area contributed by atoms with Crippen LogP contribution >= 0.6 is 0 Å². The Morgan fingerprint density at radius 1 is 1.07 bits per heavy atom.